The zero-order valence-corrected chi connectivity index (χ0v) is 14.0. The molecule has 1 N–H and O–H groups in total. The number of halogens is 1. The molecule has 0 atom stereocenters. The fraction of sp³-hybridized carbons (Fsp3) is 0.263. The van der Waals surface area contributed by atoms with E-state index in [0.29, 0.717) is 11.3 Å². The van der Waals surface area contributed by atoms with Crippen LogP contribution in [0.2, 0.25) is 0 Å². The fourth-order valence-corrected chi connectivity index (χ4v) is 2.15. The van der Waals surface area contributed by atoms with Gasteiger partial charge in [0.1, 0.15) is 11.6 Å². The zero-order chi connectivity index (χ0) is 17.6. The second-order valence-corrected chi connectivity index (χ2v) is 6.38. The molecule has 0 aliphatic rings. The lowest BCUT2D eigenvalue weighted by Gasteiger charge is -2.22. The number of hydrogen-bond donors (Lipinski definition) is 1. The molecule has 0 saturated carbocycles. The van der Waals surface area contributed by atoms with Crippen molar-refractivity contribution >= 4 is 12.1 Å². The minimum Gasteiger partial charge on any atom is -0.483 e. The van der Waals surface area contributed by atoms with Gasteiger partial charge in [-0.25, -0.2) is 9.82 Å². The summed E-state index contributed by atoms with van der Waals surface area (Å²) in [6, 6.07) is 13.6. The minimum absolute atomic E-state index is 0.0807. The highest BCUT2D eigenvalue weighted by molar-refractivity contribution is 5.82. The smallest absolute Gasteiger partial charge is 0.277 e. The quantitative estimate of drug-likeness (QED) is 0.673. The molecular formula is C19H21FN2O2. The van der Waals surface area contributed by atoms with E-state index in [1.165, 1.54) is 18.3 Å². The van der Waals surface area contributed by atoms with Crippen molar-refractivity contribution in [2.24, 2.45) is 5.10 Å². The number of ether oxygens (including phenoxy) is 1. The van der Waals surface area contributed by atoms with E-state index in [1.54, 1.807) is 12.1 Å². The van der Waals surface area contributed by atoms with Crippen molar-refractivity contribution in [1.29, 1.82) is 0 Å². The maximum absolute atomic E-state index is 13.0. The molecule has 4 nitrogen and oxygen atoms in total. The lowest BCUT2D eigenvalue weighted by Crippen LogP contribution is -2.25. The third kappa shape index (κ3) is 5.19. The highest BCUT2D eigenvalue weighted by Crippen LogP contribution is 2.30. The summed E-state index contributed by atoms with van der Waals surface area (Å²) in [7, 11) is 0. The second-order valence-electron chi connectivity index (χ2n) is 6.38. The van der Waals surface area contributed by atoms with Crippen molar-refractivity contribution in [3.8, 4) is 5.75 Å². The molecule has 5 heteroatoms. The lowest BCUT2D eigenvalue weighted by molar-refractivity contribution is -0.123. The van der Waals surface area contributed by atoms with Crippen molar-refractivity contribution in [2.75, 3.05) is 6.61 Å². The molecule has 0 heterocycles. The normalized spacial score (nSPS) is 11.5. The summed E-state index contributed by atoms with van der Waals surface area (Å²) in [5.41, 5.74) is 3.87. The van der Waals surface area contributed by atoms with Crippen LogP contribution in [0, 0.1) is 5.82 Å². The first-order valence-corrected chi connectivity index (χ1v) is 7.66. The van der Waals surface area contributed by atoms with Crippen LogP contribution in [0.5, 0.6) is 5.75 Å². The molecule has 2 aromatic rings. The first kappa shape index (κ1) is 17.7. The average Bonchev–Trinajstić information content (AvgIpc) is 2.52. The van der Waals surface area contributed by atoms with Crippen molar-refractivity contribution < 1.29 is 13.9 Å². The van der Waals surface area contributed by atoms with Crippen molar-refractivity contribution in [1.82, 2.24) is 5.43 Å². The van der Waals surface area contributed by atoms with Gasteiger partial charge in [-0.2, -0.15) is 5.10 Å². The predicted molar refractivity (Wildman–Crippen MR) is 92.8 cm³/mol. The molecule has 0 fully saturated rings. The van der Waals surface area contributed by atoms with Crippen LogP contribution in [0.4, 0.5) is 4.39 Å². The Balaban J connectivity index is 1.90. The van der Waals surface area contributed by atoms with E-state index in [0.717, 1.165) is 5.56 Å². The molecule has 1 amide bonds. The lowest BCUT2D eigenvalue weighted by atomic mass is 9.86. The predicted octanol–water partition coefficient (Wildman–Crippen LogP) is 3.65. The summed E-state index contributed by atoms with van der Waals surface area (Å²) in [5.74, 6) is -0.0620. The van der Waals surface area contributed by atoms with Crippen molar-refractivity contribution in [2.45, 2.75) is 26.2 Å². The molecule has 0 aliphatic carbocycles. The maximum atomic E-state index is 13.0. The number of nitrogens with one attached hydrogen (secondary N) is 1. The van der Waals surface area contributed by atoms with Gasteiger partial charge in [0.25, 0.3) is 5.91 Å². The first-order chi connectivity index (χ1) is 11.4. The van der Waals surface area contributed by atoms with E-state index in [-0.39, 0.29) is 23.7 Å². The summed E-state index contributed by atoms with van der Waals surface area (Å²) in [4.78, 5) is 11.8. The van der Waals surface area contributed by atoms with Crippen LogP contribution in [-0.4, -0.2) is 18.7 Å². The van der Waals surface area contributed by atoms with Gasteiger partial charge >= 0.3 is 0 Å². The Kier molecular flexibility index (Phi) is 5.68. The van der Waals surface area contributed by atoms with Crippen molar-refractivity contribution in [3.05, 3.63) is 65.5 Å². The Morgan fingerprint density at radius 1 is 1.21 bits per heavy atom. The Morgan fingerprint density at radius 2 is 1.96 bits per heavy atom. The fourth-order valence-electron chi connectivity index (χ4n) is 2.15. The van der Waals surface area contributed by atoms with Gasteiger partial charge < -0.3 is 4.74 Å². The van der Waals surface area contributed by atoms with Gasteiger partial charge in [-0.1, -0.05) is 51.1 Å². The number of amides is 1. The van der Waals surface area contributed by atoms with Gasteiger partial charge in [-0.3, -0.25) is 4.79 Å². The third-order valence-corrected chi connectivity index (χ3v) is 3.31. The van der Waals surface area contributed by atoms with Crippen LogP contribution in [0.3, 0.4) is 0 Å². The molecule has 24 heavy (non-hydrogen) atoms. The maximum Gasteiger partial charge on any atom is 0.277 e. The molecule has 0 aliphatic heterocycles. The number of benzene rings is 2. The van der Waals surface area contributed by atoms with Crippen LogP contribution in [-0.2, 0) is 10.2 Å². The molecule has 0 spiro atoms. The molecule has 0 saturated heterocycles. The van der Waals surface area contributed by atoms with Gasteiger partial charge in [0, 0.05) is 0 Å². The number of nitrogens with zero attached hydrogens (tertiary/aromatic N) is 1. The highest BCUT2D eigenvalue weighted by Gasteiger charge is 2.18. The largest absolute Gasteiger partial charge is 0.483 e. The average molecular weight is 328 g/mol. The SMILES string of the molecule is CC(C)(C)c1ccccc1OCC(=O)N/N=C/c1cccc(F)c1. The molecule has 0 radical (unpaired) electrons. The number of carbonyl (C=O) groups excluding carboxylic acids is 1. The Hall–Kier alpha value is -2.69. The summed E-state index contributed by atoms with van der Waals surface area (Å²) >= 11 is 0. The summed E-state index contributed by atoms with van der Waals surface area (Å²) in [6.45, 7) is 6.10. The van der Waals surface area contributed by atoms with E-state index in [2.05, 4.69) is 31.3 Å². The number of hydrogen-bond acceptors (Lipinski definition) is 3. The number of rotatable bonds is 5. The Labute approximate surface area is 141 Å². The van der Waals surface area contributed by atoms with E-state index >= 15 is 0 Å². The molecule has 0 unspecified atom stereocenters. The molecule has 0 bridgehead atoms. The molecule has 2 aromatic carbocycles. The third-order valence-electron chi connectivity index (χ3n) is 3.31. The molecule has 0 aromatic heterocycles. The van der Waals surface area contributed by atoms with Crippen LogP contribution < -0.4 is 10.2 Å². The standard InChI is InChI=1S/C19H21FN2O2/c1-19(2,3)16-9-4-5-10-17(16)24-13-18(23)22-21-12-14-7-6-8-15(20)11-14/h4-12H,13H2,1-3H3,(H,22,23)/b21-12+. The Bertz CT molecular complexity index is 736. The van der Waals surface area contributed by atoms with Gasteiger partial charge in [-0.15, -0.1) is 0 Å². The number of para-hydroxylation sites is 1. The van der Waals surface area contributed by atoms with Gasteiger partial charge in [0.15, 0.2) is 6.61 Å². The van der Waals surface area contributed by atoms with Gasteiger partial charge in [0.2, 0.25) is 0 Å². The number of hydrazone groups is 1. The Morgan fingerprint density at radius 3 is 2.67 bits per heavy atom. The first-order valence-electron chi connectivity index (χ1n) is 7.66. The summed E-state index contributed by atoms with van der Waals surface area (Å²) in [6.07, 6.45) is 1.38. The number of carbonyl (C=O) groups is 1. The van der Waals surface area contributed by atoms with E-state index in [4.69, 9.17) is 4.74 Å². The topological polar surface area (TPSA) is 50.7 Å². The van der Waals surface area contributed by atoms with E-state index in [9.17, 15) is 9.18 Å². The van der Waals surface area contributed by atoms with Gasteiger partial charge in [0.05, 0.1) is 6.21 Å². The van der Waals surface area contributed by atoms with Crippen LogP contribution in [0.15, 0.2) is 53.6 Å². The van der Waals surface area contributed by atoms with Crippen LogP contribution in [0.1, 0.15) is 31.9 Å². The highest BCUT2D eigenvalue weighted by atomic mass is 19.1. The van der Waals surface area contributed by atoms with Crippen molar-refractivity contribution in [3.63, 3.8) is 0 Å². The molecular weight excluding hydrogens is 307 g/mol. The molecule has 126 valence electrons. The van der Waals surface area contributed by atoms with E-state index in [1.807, 2.05) is 24.3 Å². The van der Waals surface area contributed by atoms with Crippen LogP contribution >= 0.6 is 0 Å². The monoisotopic (exact) mass is 328 g/mol. The molecule has 2 rings (SSSR count). The zero-order valence-electron chi connectivity index (χ0n) is 14.0. The van der Waals surface area contributed by atoms with Crippen LogP contribution in [0.25, 0.3) is 0 Å². The minimum atomic E-state index is -0.383. The second kappa shape index (κ2) is 7.73. The summed E-state index contributed by atoms with van der Waals surface area (Å²) in [5, 5.41) is 3.79. The van der Waals surface area contributed by atoms with E-state index < -0.39 is 0 Å². The summed E-state index contributed by atoms with van der Waals surface area (Å²) < 4.78 is 18.6. The van der Waals surface area contributed by atoms with Gasteiger partial charge in [-0.05, 0) is 34.7 Å².